The van der Waals surface area contributed by atoms with Gasteiger partial charge in [0.2, 0.25) is 0 Å². The number of hydrogen-bond acceptors (Lipinski definition) is 0. The van der Waals surface area contributed by atoms with Crippen molar-refractivity contribution in [3.8, 4) is 0 Å². The van der Waals surface area contributed by atoms with Crippen LogP contribution in [-0.4, -0.2) is 0 Å². The van der Waals surface area contributed by atoms with Gasteiger partial charge in [0.05, 0.1) is 0 Å². The molecule has 246 valence electrons. The number of hydrogen-bond donors (Lipinski definition) is 0. The lowest BCUT2D eigenvalue weighted by molar-refractivity contribution is -0.0377. The summed E-state index contributed by atoms with van der Waals surface area (Å²) in [5.74, 6) is 20.1. The van der Waals surface area contributed by atoms with Crippen LogP contribution in [0.2, 0.25) is 0 Å². The number of rotatable bonds is 2. The lowest BCUT2D eigenvalue weighted by Gasteiger charge is -2.51. The van der Waals surface area contributed by atoms with Gasteiger partial charge in [-0.3, -0.25) is 0 Å². The van der Waals surface area contributed by atoms with Crippen LogP contribution >= 0.6 is 0 Å². The molecule has 5 aliphatic carbocycles. The van der Waals surface area contributed by atoms with Crippen molar-refractivity contribution >= 4 is 0 Å². The monoisotopic (exact) mass is 583 g/mol. The minimum Gasteiger partial charge on any atom is -0.0620 e. The summed E-state index contributed by atoms with van der Waals surface area (Å²) in [5, 5.41) is 0. The minimum absolute atomic E-state index is 0.500. The van der Waals surface area contributed by atoms with Crippen molar-refractivity contribution in [3.05, 3.63) is 0 Å². The van der Waals surface area contributed by atoms with Gasteiger partial charge < -0.3 is 0 Å². The first-order valence-corrected chi connectivity index (χ1v) is 19.2. The van der Waals surface area contributed by atoms with Gasteiger partial charge in [-0.05, 0) is 142 Å². The van der Waals surface area contributed by atoms with Crippen molar-refractivity contribution < 1.29 is 0 Å². The van der Waals surface area contributed by atoms with E-state index in [9.17, 15) is 0 Å². The van der Waals surface area contributed by atoms with E-state index in [2.05, 4.69) is 125 Å². The summed E-state index contributed by atoms with van der Waals surface area (Å²) in [5.41, 5.74) is 0.500. The summed E-state index contributed by atoms with van der Waals surface area (Å²) in [6, 6.07) is 0. The molecule has 0 aromatic rings. The van der Waals surface area contributed by atoms with Crippen LogP contribution in [0.4, 0.5) is 0 Å². The van der Waals surface area contributed by atoms with Gasteiger partial charge in [0.15, 0.2) is 0 Å². The zero-order valence-corrected chi connectivity index (χ0v) is 31.9. The lowest BCUT2D eigenvalue weighted by atomic mass is 9.53. The van der Waals surface area contributed by atoms with Crippen LogP contribution in [0.5, 0.6) is 0 Å². The molecule has 5 saturated carbocycles. The second kappa shape index (κ2) is 12.3. The van der Waals surface area contributed by atoms with Crippen molar-refractivity contribution in [2.75, 3.05) is 0 Å². The molecular weight excluding hydrogens is 504 g/mol. The summed E-state index contributed by atoms with van der Waals surface area (Å²) in [4.78, 5) is 0. The second-order valence-corrected chi connectivity index (χ2v) is 20.1. The summed E-state index contributed by atoms with van der Waals surface area (Å²) in [6.07, 6.45) is 1.56. The molecule has 5 fully saturated rings. The highest BCUT2D eigenvalue weighted by atomic mass is 14.7. The third kappa shape index (κ3) is 5.62. The molecule has 0 aliphatic heterocycles. The van der Waals surface area contributed by atoms with Crippen LogP contribution in [0.3, 0.4) is 0 Å². The van der Waals surface area contributed by atoms with Crippen LogP contribution in [0, 0.1) is 136 Å². The molecule has 0 heterocycles. The van der Waals surface area contributed by atoms with E-state index in [0.29, 0.717) is 5.41 Å². The maximum atomic E-state index is 2.70. The molecule has 0 radical (unpaired) electrons. The molecule has 21 unspecified atom stereocenters. The molecule has 42 heavy (non-hydrogen) atoms. The smallest absolute Gasteiger partial charge is 0.0318 e. The molecule has 0 amide bonds. The van der Waals surface area contributed by atoms with Gasteiger partial charge >= 0.3 is 0 Å². The first-order valence-electron chi connectivity index (χ1n) is 19.2. The molecule has 5 rings (SSSR count). The molecule has 0 N–H and O–H groups in total. The van der Waals surface area contributed by atoms with Crippen LogP contribution in [0.15, 0.2) is 0 Å². The van der Waals surface area contributed by atoms with E-state index >= 15 is 0 Å². The average Bonchev–Trinajstić information content (AvgIpc) is 3.37. The highest BCUT2D eigenvalue weighted by Gasteiger charge is 2.64. The summed E-state index contributed by atoms with van der Waals surface area (Å²) >= 11 is 0. The summed E-state index contributed by atoms with van der Waals surface area (Å²) < 4.78 is 0. The third-order valence-corrected chi connectivity index (χ3v) is 17.0. The van der Waals surface area contributed by atoms with Gasteiger partial charge in [-0.2, -0.15) is 0 Å². The Bertz CT molecular complexity index is 850. The topological polar surface area (TPSA) is 0 Å². The quantitative estimate of drug-likeness (QED) is 0.304. The van der Waals surface area contributed by atoms with Gasteiger partial charge in [-0.25, -0.2) is 0 Å². The van der Waals surface area contributed by atoms with E-state index in [1.807, 2.05) is 0 Å². The average molecular weight is 583 g/mol. The Morgan fingerprint density at radius 3 is 0.786 bits per heavy atom. The number of fused-ring (bicyclic) bond motifs is 4. The molecule has 0 heteroatoms. The van der Waals surface area contributed by atoms with E-state index in [4.69, 9.17) is 0 Å². The van der Waals surface area contributed by atoms with E-state index in [0.717, 1.165) is 130 Å². The van der Waals surface area contributed by atoms with Crippen molar-refractivity contribution in [3.63, 3.8) is 0 Å². The van der Waals surface area contributed by atoms with Gasteiger partial charge in [0.25, 0.3) is 0 Å². The molecule has 21 atom stereocenters. The molecule has 0 aromatic carbocycles. The summed E-state index contributed by atoms with van der Waals surface area (Å²) in [7, 11) is 0. The largest absolute Gasteiger partial charge is 0.0620 e. The zero-order valence-electron chi connectivity index (χ0n) is 31.9. The Morgan fingerprint density at radius 1 is 0.262 bits per heavy atom. The Labute approximate surface area is 266 Å². The van der Waals surface area contributed by atoms with Gasteiger partial charge in [0, 0.05) is 0 Å². The highest BCUT2D eigenvalue weighted by Crippen LogP contribution is 2.69. The molecule has 0 saturated heterocycles. The van der Waals surface area contributed by atoms with Crippen LogP contribution in [0.1, 0.15) is 131 Å². The maximum Gasteiger partial charge on any atom is -0.0318 e. The highest BCUT2D eigenvalue weighted by molar-refractivity contribution is 5.12. The molecule has 0 bridgehead atoms. The molecule has 5 aliphatic rings. The van der Waals surface area contributed by atoms with Crippen LogP contribution in [0.25, 0.3) is 0 Å². The minimum atomic E-state index is 0.500. The predicted molar refractivity (Wildman–Crippen MR) is 186 cm³/mol. The van der Waals surface area contributed by atoms with Gasteiger partial charge in [0.1, 0.15) is 0 Å². The zero-order chi connectivity index (χ0) is 31.9. The molecule has 0 nitrogen and oxygen atoms in total. The Kier molecular flexibility index (Phi) is 10.2. The van der Waals surface area contributed by atoms with Crippen molar-refractivity contribution in [1.29, 1.82) is 0 Å². The fourth-order valence-corrected chi connectivity index (χ4v) is 13.5. The lowest BCUT2D eigenvalue weighted by Crippen LogP contribution is -2.46. The third-order valence-electron chi connectivity index (χ3n) is 17.0. The predicted octanol–water partition coefficient (Wildman–Crippen LogP) is 12.3. The molecular formula is C42H78. The Balaban J connectivity index is 0.000000748. The van der Waals surface area contributed by atoms with Crippen molar-refractivity contribution in [2.24, 2.45) is 136 Å². The van der Waals surface area contributed by atoms with Gasteiger partial charge in [-0.1, -0.05) is 125 Å². The normalized spacial score (nSPS) is 59.3. The first-order chi connectivity index (χ1) is 19.2. The van der Waals surface area contributed by atoms with Crippen molar-refractivity contribution in [1.82, 2.24) is 0 Å². The Hall–Kier alpha value is 0. The second-order valence-electron chi connectivity index (χ2n) is 20.1. The van der Waals surface area contributed by atoms with E-state index in [1.165, 1.54) is 0 Å². The maximum absolute atomic E-state index is 2.70. The van der Waals surface area contributed by atoms with Crippen LogP contribution < -0.4 is 0 Å². The van der Waals surface area contributed by atoms with E-state index < -0.39 is 0 Å². The van der Waals surface area contributed by atoms with Gasteiger partial charge in [-0.15, -0.1) is 0 Å². The van der Waals surface area contributed by atoms with Crippen LogP contribution in [-0.2, 0) is 0 Å². The van der Waals surface area contributed by atoms with E-state index in [-0.39, 0.29) is 0 Å². The van der Waals surface area contributed by atoms with E-state index in [1.54, 1.807) is 6.42 Å². The fourth-order valence-electron chi connectivity index (χ4n) is 13.5. The first kappa shape index (κ1) is 34.9. The van der Waals surface area contributed by atoms with Crippen molar-refractivity contribution in [2.45, 2.75) is 131 Å². The molecule has 0 spiro atoms. The summed E-state index contributed by atoms with van der Waals surface area (Å²) in [6.45, 7) is 45.9. The fraction of sp³-hybridized carbons (Fsp3) is 1.00. The SMILES string of the molecule is CC(C)(C)C.CC1C(C)C(C)C2C(CC3C4C(C)C(C)C(C)C(C)C4C4C(C)C(C)C(C)C(C)C34)C(C)C(C)C2C1C. The standard InChI is InChI=1S/C37H66.C5H12/c1-16-17(2)24(9)33-30(22(7)29(14)32(33)23(16)8)15-31-34-25(10)18(3)20(5)27(12)36(34)37-28(13)21(6)19(4)26(11)35(31)37;1-5(2,3)4/h16-37H,15H2,1-14H3;1-4H3. The molecule has 0 aromatic heterocycles. The Morgan fingerprint density at radius 2 is 0.476 bits per heavy atom.